The third kappa shape index (κ3) is 3.78. The first-order valence-corrected chi connectivity index (χ1v) is 9.51. The molecule has 1 amide bonds. The molecule has 0 spiro atoms. The zero-order valence-electron chi connectivity index (χ0n) is 14.6. The first-order valence-electron chi connectivity index (χ1n) is 8.69. The van der Waals surface area contributed by atoms with Crippen molar-refractivity contribution in [3.05, 3.63) is 59.0 Å². The predicted molar refractivity (Wildman–Crippen MR) is 108 cm³/mol. The lowest BCUT2D eigenvalue weighted by molar-refractivity contribution is -0.113. The standard InChI is InChI=1S/C20H19N3O3S/c24-16-7-6-14(17(25)13-16)12-18-19(26)21-20(27-18)23-10-8-22(9-11-23)15-4-2-1-3-5-15/h1-7,12-13,24-25H,8-11H2/b18-12+. The molecule has 2 aliphatic heterocycles. The Labute approximate surface area is 161 Å². The van der Waals surface area contributed by atoms with Gasteiger partial charge in [-0.25, -0.2) is 0 Å². The number of hydrogen-bond acceptors (Lipinski definition) is 6. The number of carbonyl (C=O) groups is 1. The molecule has 0 aromatic heterocycles. The van der Waals surface area contributed by atoms with Crippen LogP contribution in [0.1, 0.15) is 5.56 Å². The average molecular weight is 381 g/mol. The van der Waals surface area contributed by atoms with Gasteiger partial charge in [0.05, 0.1) is 4.91 Å². The van der Waals surface area contributed by atoms with Gasteiger partial charge < -0.3 is 20.0 Å². The minimum Gasteiger partial charge on any atom is -0.508 e. The number of piperazine rings is 1. The van der Waals surface area contributed by atoms with Crippen LogP contribution < -0.4 is 4.90 Å². The van der Waals surface area contributed by atoms with E-state index < -0.39 is 0 Å². The topological polar surface area (TPSA) is 76.4 Å². The Morgan fingerprint density at radius 3 is 2.37 bits per heavy atom. The number of thioether (sulfide) groups is 1. The molecule has 2 N–H and O–H groups in total. The summed E-state index contributed by atoms with van der Waals surface area (Å²) in [7, 11) is 0. The van der Waals surface area contributed by atoms with Crippen LogP contribution in [-0.2, 0) is 4.79 Å². The molecule has 4 rings (SSSR count). The molecule has 2 aromatic rings. The Balaban J connectivity index is 1.42. The van der Waals surface area contributed by atoms with Crippen molar-refractivity contribution in [2.45, 2.75) is 0 Å². The van der Waals surface area contributed by atoms with E-state index in [1.54, 1.807) is 12.1 Å². The van der Waals surface area contributed by atoms with Crippen LogP contribution in [0.4, 0.5) is 5.69 Å². The minimum absolute atomic E-state index is 0.0201. The van der Waals surface area contributed by atoms with Gasteiger partial charge in [0, 0.05) is 43.5 Å². The fraction of sp³-hybridized carbons (Fsp3) is 0.200. The number of nitrogens with zero attached hydrogens (tertiary/aromatic N) is 3. The number of phenols is 2. The summed E-state index contributed by atoms with van der Waals surface area (Å²) >= 11 is 1.33. The van der Waals surface area contributed by atoms with Crippen molar-refractivity contribution >= 4 is 34.6 Å². The van der Waals surface area contributed by atoms with E-state index in [2.05, 4.69) is 26.9 Å². The van der Waals surface area contributed by atoms with Gasteiger partial charge in [-0.1, -0.05) is 18.2 Å². The van der Waals surface area contributed by atoms with Gasteiger partial charge in [0.15, 0.2) is 5.17 Å². The monoisotopic (exact) mass is 381 g/mol. The van der Waals surface area contributed by atoms with Crippen molar-refractivity contribution in [3.8, 4) is 11.5 Å². The number of amidine groups is 1. The molecule has 0 aliphatic carbocycles. The predicted octanol–water partition coefficient (Wildman–Crippen LogP) is 2.89. The molecule has 6 nitrogen and oxygen atoms in total. The van der Waals surface area contributed by atoms with Gasteiger partial charge in [-0.2, -0.15) is 4.99 Å². The number of hydrogen-bond donors (Lipinski definition) is 2. The molecule has 2 aliphatic rings. The molecule has 0 bridgehead atoms. The van der Waals surface area contributed by atoms with Gasteiger partial charge in [-0.3, -0.25) is 4.79 Å². The third-order valence-corrected chi connectivity index (χ3v) is 5.63. The maximum atomic E-state index is 12.3. The molecular weight excluding hydrogens is 362 g/mol. The second-order valence-corrected chi connectivity index (χ2v) is 7.37. The van der Waals surface area contributed by atoms with E-state index in [4.69, 9.17) is 0 Å². The number of amides is 1. The van der Waals surface area contributed by atoms with Crippen molar-refractivity contribution in [1.29, 1.82) is 0 Å². The molecule has 2 heterocycles. The Morgan fingerprint density at radius 1 is 0.963 bits per heavy atom. The van der Waals surface area contributed by atoms with Gasteiger partial charge in [0.25, 0.3) is 5.91 Å². The van der Waals surface area contributed by atoms with E-state index in [1.807, 2.05) is 18.2 Å². The van der Waals surface area contributed by atoms with E-state index in [1.165, 1.54) is 29.6 Å². The second-order valence-electron chi connectivity index (χ2n) is 6.36. The van der Waals surface area contributed by atoms with Crippen LogP contribution in [0.25, 0.3) is 6.08 Å². The first-order chi connectivity index (χ1) is 13.1. The van der Waals surface area contributed by atoms with Crippen molar-refractivity contribution in [3.63, 3.8) is 0 Å². The van der Waals surface area contributed by atoms with Gasteiger partial charge in [0.2, 0.25) is 0 Å². The molecule has 0 atom stereocenters. The highest BCUT2D eigenvalue weighted by atomic mass is 32.2. The first kappa shape index (κ1) is 17.5. The second kappa shape index (κ2) is 7.36. The molecule has 7 heteroatoms. The maximum absolute atomic E-state index is 12.3. The summed E-state index contributed by atoms with van der Waals surface area (Å²) in [6, 6.07) is 14.6. The molecule has 27 heavy (non-hydrogen) atoms. The van der Waals surface area contributed by atoms with E-state index in [0.29, 0.717) is 15.6 Å². The van der Waals surface area contributed by atoms with Gasteiger partial charge in [-0.05, 0) is 42.1 Å². The van der Waals surface area contributed by atoms with E-state index in [-0.39, 0.29) is 17.4 Å². The summed E-state index contributed by atoms with van der Waals surface area (Å²) in [6.07, 6.45) is 1.61. The van der Waals surface area contributed by atoms with Crippen molar-refractivity contribution in [1.82, 2.24) is 4.90 Å². The number of aromatic hydroxyl groups is 2. The number of aliphatic imine (C=N–C) groups is 1. The third-order valence-electron chi connectivity index (χ3n) is 4.58. The van der Waals surface area contributed by atoms with Crippen LogP contribution >= 0.6 is 11.8 Å². The Hall–Kier alpha value is -2.93. The highest BCUT2D eigenvalue weighted by molar-refractivity contribution is 8.18. The van der Waals surface area contributed by atoms with Gasteiger partial charge in [0.1, 0.15) is 11.5 Å². The van der Waals surface area contributed by atoms with E-state index in [9.17, 15) is 15.0 Å². The number of phenolic OH excluding ortho intramolecular Hbond substituents is 2. The summed E-state index contributed by atoms with van der Waals surface area (Å²) in [5.41, 5.74) is 1.69. The van der Waals surface area contributed by atoms with E-state index >= 15 is 0 Å². The zero-order valence-corrected chi connectivity index (χ0v) is 15.4. The maximum Gasteiger partial charge on any atom is 0.286 e. The fourth-order valence-corrected chi connectivity index (χ4v) is 4.08. The molecular formula is C20H19N3O3S. The molecule has 1 fully saturated rings. The molecule has 0 radical (unpaired) electrons. The molecule has 0 saturated carbocycles. The summed E-state index contributed by atoms with van der Waals surface area (Å²) in [6.45, 7) is 3.34. The lowest BCUT2D eigenvalue weighted by atomic mass is 10.2. The molecule has 2 aromatic carbocycles. The number of anilines is 1. The van der Waals surface area contributed by atoms with Gasteiger partial charge >= 0.3 is 0 Å². The van der Waals surface area contributed by atoms with Gasteiger partial charge in [-0.15, -0.1) is 0 Å². The smallest absolute Gasteiger partial charge is 0.286 e. The Bertz CT molecular complexity index is 919. The van der Waals surface area contributed by atoms with Crippen molar-refractivity contribution in [2.24, 2.45) is 4.99 Å². The van der Waals surface area contributed by atoms with E-state index in [0.717, 1.165) is 26.2 Å². The summed E-state index contributed by atoms with van der Waals surface area (Å²) in [5.74, 6) is -0.387. The highest BCUT2D eigenvalue weighted by Crippen LogP contribution is 2.33. The number of benzene rings is 2. The summed E-state index contributed by atoms with van der Waals surface area (Å²) in [4.78, 5) is 21.4. The fourth-order valence-electron chi connectivity index (χ4n) is 3.12. The van der Waals surface area contributed by atoms with Crippen LogP contribution in [0.5, 0.6) is 11.5 Å². The largest absolute Gasteiger partial charge is 0.508 e. The van der Waals surface area contributed by atoms with Crippen molar-refractivity contribution < 1.29 is 15.0 Å². The Kier molecular flexibility index (Phi) is 4.77. The number of carbonyl (C=O) groups excluding carboxylic acids is 1. The normalized spacial score (nSPS) is 18.9. The lowest BCUT2D eigenvalue weighted by Crippen LogP contribution is -2.47. The number of rotatable bonds is 2. The van der Waals surface area contributed by atoms with Crippen LogP contribution in [0.2, 0.25) is 0 Å². The zero-order chi connectivity index (χ0) is 18.8. The summed E-state index contributed by atoms with van der Waals surface area (Å²) in [5, 5.41) is 20.0. The van der Waals surface area contributed by atoms with Crippen LogP contribution in [0, 0.1) is 0 Å². The van der Waals surface area contributed by atoms with Crippen LogP contribution in [-0.4, -0.2) is 52.4 Å². The molecule has 138 valence electrons. The summed E-state index contributed by atoms with van der Waals surface area (Å²) < 4.78 is 0. The highest BCUT2D eigenvalue weighted by Gasteiger charge is 2.28. The molecule has 0 unspecified atom stereocenters. The lowest BCUT2D eigenvalue weighted by Gasteiger charge is -2.36. The van der Waals surface area contributed by atoms with Crippen molar-refractivity contribution in [2.75, 3.05) is 31.1 Å². The van der Waals surface area contributed by atoms with Crippen LogP contribution in [0.3, 0.4) is 0 Å². The SMILES string of the molecule is O=C1N=C(N2CCN(c3ccccc3)CC2)S/C1=C/c1ccc(O)cc1O. The average Bonchev–Trinajstić information content (AvgIpc) is 3.05. The Morgan fingerprint density at radius 2 is 1.67 bits per heavy atom. The van der Waals surface area contributed by atoms with Crippen LogP contribution in [0.15, 0.2) is 58.4 Å². The number of para-hydroxylation sites is 1. The minimum atomic E-state index is -0.298. The molecule has 1 saturated heterocycles. The quantitative estimate of drug-likeness (QED) is 0.779.